The SMILES string of the molecule is CC(Cc1c[nH]c2ccccc12)c1cc(I)ccc1S(N)(=O)=O. The molecule has 0 aliphatic heterocycles. The van der Waals surface area contributed by atoms with Gasteiger partial charge in [-0.15, -0.1) is 0 Å². The van der Waals surface area contributed by atoms with Crippen LogP contribution in [-0.2, 0) is 16.4 Å². The van der Waals surface area contributed by atoms with Crippen molar-refractivity contribution < 1.29 is 8.42 Å². The van der Waals surface area contributed by atoms with Crippen LogP contribution in [0.5, 0.6) is 0 Å². The predicted octanol–water partition coefficient (Wildman–Crippen LogP) is 3.77. The zero-order chi connectivity index (χ0) is 16.6. The molecule has 0 aliphatic carbocycles. The summed E-state index contributed by atoms with van der Waals surface area (Å²) in [7, 11) is -3.73. The van der Waals surface area contributed by atoms with Gasteiger partial charge < -0.3 is 4.98 Å². The molecule has 120 valence electrons. The van der Waals surface area contributed by atoms with Crippen LogP contribution in [-0.4, -0.2) is 13.4 Å². The van der Waals surface area contributed by atoms with Crippen LogP contribution in [0.4, 0.5) is 0 Å². The van der Waals surface area contributed by atoms with Crippen molar-refractivity contribution in [3.63, 3.8) is 0 Å². The number of benzene rings is 2. The topological polar surface area (TPSA) is 76.0 Å². The standard InChI is InChI=1S/C17H17IN2O2S/c1-11(8-12-10-20-16-5-3-2-4-14(12)16)15-9-13(18)6-7-17(15)23(19,21)22/h2-7,9-11,20H,8H2,1H3,(H2,19,21,22). The van der Waals surface area contributed by atoms with E-state index in [1.54, 1.807) is 12.1 Å². The van der Waals surface area contributed by atoms with Crippen molar-refractivity contribution in [3.05, 3.63) is 63.4 Å². The second-order valence-corrected chi connectivity index (χ2v) is 8.47. The first-order chi connectivity index (χ1) is 10.9. The van der Waals surface area contributed by atoms with E-state index >= 15 is 0 Å². The normalized spacial score (nSPS) is 13.3. The number of sulfonamides is 1. The Balaban J connectivity index is 2.01. The Hall–Kier alpha value is -1.38. The Labute approximate surface area is 149 Å². The summed E-state index contributed by atoms with van der Waals surface area (Å²) in [5, 5.41) is 6.54. The summed E-state index contributed by atoms with van der Waals surface area (Å²) in [5.41, 5.74) is 3.03. The van der Waals surface area contributed by atoms with Gasteiger partial charge in [0, 0.05) is 20.7 Å². The molecule has 1 atom stereocenters. The zero-order valence-corrected chi connectivity index (χ0v) is 15.6. The number of hydrogen-bond donors (Lipinski definition) is 2. The van der Waals surface area contributed by atoms with Crippen molar-refractivity contribution in [1.82, 2.24) is 4.98 Å². The summed E-state index contributed by atoms with van der Waals surface area (Å²) in [4.78, 5) is 3.47. The highest BCUT2D eigenvalue weighted by atomic mass is 127. The van der Waals surface area contributed by atoms with Gasteiger partial charge in [-0.25, -0.2) is 13.6 Å². The maximum absolute atomic E-state index is 11.9. The summed E-state index contributed by atoms with van der Waals surface area (Å²) in [6.07, 6.45) is 2.73. The molecule has 0 saturated carbocycles. The number of hydrogen-bond acceptors (Lipinski definition) is 2. The van der Waals surface area contributed by atoms with E-state index < -0.39 is 10.0 Å². The Kier molecular flexibility index (Phi) is 4.48. The Morgan fingerprint density at radius 2 is 1.96 bits per heavy atom. The third-order valence-electron chi connectivity index (χ3n) is 4.01. The Morgan fingerprint density at radius 1 is 1.22 bits per heavy atom. The maximum Gasteiger partial charge on any atom is 0.238 e. The molecule has 0 aliphatic rings. The summed E-state index contributed by atoms with van der Waals surface area (Å²) in [5.74, 6) is 0.0391. The van der Waals surface area contributed by atoms with Gasteiger partial charge >= 0.3 is 0 Å². The molecule has 1 aromatic heterocycles. The number of primary sulfonamides is 1. The van der Waals surface area contributed by atoms with E-state index in [9.17, 15) is 8.42 Å². The molecule has 0 bridgehead atoms. The number of aromatic nitrogens is 1. The van der Waals surface area contributed by atoms with E-state index in [1.807, 2.05) is 37.4 Å². The van der Waals surface area contributed by atoms with Crippen molar-refractivity contribution in [3.8, 4) is 0 Å². The molecule has 2 aromatic carbocycles. The number of nitrogens with two attached hydrogens (primary N) is 1. The van der Waals surface area contributed by atoms with Gasteiger partial charge in [0.05, 0.1) is 4.90 Å². The number of H-pyrrole nitrogens is 1. The monoisotopic (exact) mass is 440 g/mol. The number of aromatic amines is 1. The van der Waals surface area contributed by atoms with Gasteiger partial charge in [0.15, 0.2) is 0 Å². The largest absolute Gasteiger partial charge is 0.361 e. The lowest BCUT2D eigenvalue weighted by molar-refractivity contribution is 0.594. The van der Waals surface area contributed by atoms with Crippen LogP contribution in [0.2, 0.25) is 0 Å². The zero-order valence-electron chi connectivity index (χ0n) is 12.6. The summed E-state index contributed by atoms with van der Waals surface area (Å²) in [6.45, 7) is 2.03. The van der Waals surface area contributed by atoms with Crippen molar-refractivity contribution in [2.45, 2.75) is 24.2 Å². The highest BCUT2D eigenvalue weighted by molar-refractivity contribution is 14.1. The lowest BCUT2D eigenvalue weighted by atomic mass is 9.93. The summed E-state index contributed by atoms with van der Waals surface area (Å²) >= 11 is 2.19. The molecule has 0 fully saturated rings. The molecule has 1 unspecified atom stereocenters. The fourth-order valence-electron chi connectivity index (χ4n) is 2.90. The average molecular weight is 440 g/mol. The van der Waals surface area contributed by atoms with Crippen LogP contribution in [0.15, 0.2) is 53.6 Å². The molecule has 3 N–H and O–H groups in total. The second-order valence-electron chi connectivity index (χ2n) is 5.69. The average Bonchev–Trinajstić information content (AvgIpc) is 2.89. The van der Waals surface area contributed by atoms with Gasteiger partial charge in [0.25, 0.3) is 0 Å². The number of fused-ring (bicyclic) bond motifs is 1. The van der Waals surface area contributed by atoms with Gasteiger partial charge in [-0.3, -0.25) is 0 Å². The Bertz CT molecular complexity index is 964. The summed E-state index contributed by atoms with van der Waals surface area (Å²) in [6, 6.07) is 13.4. The highest BCUT2D eigenvalue weighted by Crippen LogP contribution is 2.30. The quantitative estimate of drug-likeness (QED) is 0.607. The van der Waals surface area contributed by atoms with Crippen molar-refractivity contribution in [1.29, 1.82) is 0 Å². The van der Waals surface area contributed by atoms with E-state index in [4.69, 9.17) is 5.14 Å². The van der Waals surface area contributed by atoms with Crippen LogP contribution in [0.1, 0.15) is 24.0 Å². The molecule has 3 rings (SSSR count). The first-order valence-electron chi connectivity index (χ1n) is 7.23. The molecular weight excluding hydrogens is 423 g/mol. The molecule has 0 amide bonds. The molecule has 0 spiro atoms. The maximum atomic E-state index is 11.9. The molecule has 6 heteroatoms. The van der Waals surface area contributed by atoms with Crippen LogP contribution < -0.4 is 5.14 Å². The molecule has 1 heterocycles. The van der Waals surface area contributed by atoms with Crippen LogP contribution in [0.25, 0.3) is 10.9 Å². The smallest absolute Gasteiger partial charge is 0.238 e. The fourth-order valence-corrected chi connectivity index (χ4v) is 4.27. The molecule has 0 saturated heterocycles. The van der Waals surface area contributed by atoms with Crippen molar-refractivity contribution in [2.24, 2.45) is 5.14 Å². The van der Waals surface area contributed by atoms with E-state index in [-0.39, 0.29) is 10.8 Å². The Morgan fingerprint density at radius 3 is 2.70 bits per heavy atom. The molecule has 23 heavy (non-hydrogen) atoms. The van der Waals surface area contributed by atoms with Gasteiger partial charge in [0.1, 0.15) is 0 Å². The van der Waals surface area contributed by atoms with Crippen LogP contribution >= 0.6 is 22.6 Å². The van der Waals surface area contributed by atoms with Crippen molar-refractivity contribution >= 4 is 43.5 Å². The van der Waals surface area contributed by atoms with Gasteiger partial charge in [-0.2, -0.15) is 0 Å². The van der Waals surface area contributed by atoms with E-state index in [1.165, 1.54) is 10.9 Å². The van der Waals surface area contributed by atoms with Crippen LogP contribution in [0, 0.1) is 3.57 Å². The molecule has 3 aromatic rings. The van der Waals surface area contributed by atoms with Crippen LogP contribution in [0.3, 0.4) is 0 Å². The molecule has 4 nitrogen and oxygen atoms in total. The lowest BCUT2D eigenvalue weighted by Gasteiger charge is -2.16. The second kappa shape index (κ2) is 6.26. The number of rotatable bonds is 4. The van der Waals surface area contributed by atoms with E-state index in [0.717, 1.165) is 21.1 Å². The van der Waals surface area contributed by atoms with E-state index in [2.05, 4.69) is 33.6 Å². The fraction of sp³-hybridized carbons (Fsp3) is 0.176. The minimum Gasteiger partial charge on any atom is -0.361 e. The molecule has 0 radical (unpaired) electrons. The highest BCUT2D eigenvalue weighted by Gasteiger charge is 2.20. The lowest BCUT2D eigenvalue weighted by Crippen LogP contribution is -2.16. The van der Waals surface area contributed by atoms with E-state index in [0.29, 0.717) is 0 Å². The number of para-hydroxylation sites is 1. The van der Waals surface area contributed by atoms with Gasteiger partial charge in [0.2, 0.25) is 10.0 Å². The third kappa shape index (κ3) is 3.44. The predicted molar refractivity (Wildman–Crippen MR) is 101 cm³/mol. The van der Waals surface area contributed by atoms with Gasteiger partial charge in [-0.1, -0.05) is 25.1 Å². The number of nitrogens with one attached hydrogen (secondary N) is 1. The minimum absolute atomic E-state index is 0.0391. The summed E-state index contributed by atoms with van der Waals surface area (Å²) < 4.78 is 24.7. The van der Waals surface area contributed by atoms with Gasteiger partial charge in [-0.05, 0) is 70.3 Å². The van der Waals surface area contributed by atoms with Crippen molar-refractivity contribution in [2.75, 3.05) is 0 Å². The third-order valence-corrected chi connectivity index (χ3v) is 5.67. The first-order valence-corrected chi connectivity index (χ1v) is 9.86. The number of halogens is 1. The molecular formula is C17H17IN2O2S. The minimum atomic E-state index is -3.73. The first kappa shape index (κ1) is 16.5.